The van der Waals surface area contributed by atoms with E-state index in [4.69, 9.17) is 0 Å². The Labute approximate surface area is 117 Å². The minimum absolute atomic E-state index is 0.00381. The molecule has 2 amide bonds. The molecular formula is C14H20N2O2S. The summed E-state index contributed by atoms with van der Waals surface area (Å²) in [6.07, 6.45) is 4.16. The molecule has 1 heterocycles. The summed E-state index contributed by atoms with van der Waals surface area (Å²) in [5.41, 5.74) is 0. The van der Waals surface area contributed by atoms with Crippen LogP contribution in [-0.2, 0) is 9.59 Å². The van der Waals surface area contributed by atoms with E-state index < -0.39 is 0 Å². The van der Waals surface area contributed by atoms with E-state index in [0.29, 0.717) is 0 Å². The Kier molecular flexibility index (Phi) is 4.96. The van der Waals surface area contributed by atoms with Crippen molar-refractivity contribution in [1.82, 2.24) is 10.6 Å². The number of amides is 2. The molecule has 1 aromatic heterocycles. The quantitative estimate of drug-likeness (QED) is 0.869. The second-order valence-corrected chi connectivity index (χ2v) is 5.98. The van der Waals surface area contributed by atoms with Crippen molar-refractivity contribution in [2.45, 2.75) is 38.6 Å². The molecule has 1 atom stereocenters. The monoisotopic (exact) mass is 280 g/mol. The van der Waals surface area contributed by atoms with Gasteiger partial charge >= 0.3 is 0 Å². The molecule has 5 heteroatoms. The molecule has 0 radical (unpaired) electrons. The van der Waals surface area contributed by atoms with E-state index in [1.807, 2.05) is 24.4 Å². The summed E-state index contributed by atoms with van der Waals surface area (Å²) >= 11 is 1.62. The average Bonchev–Trinajstić information content (AvgIpc) is 3.07. The summed E-state index contributed by atoms with van der Waals surface area (Å²) < 4.78 is 0. The molecule has 2 N–H and O–H groups in total. The van der Waals surface area contributed by atoms with Crippen LogP contribution < -0.4 is 10.6 Å². The number of thiophene rings is 1. The smallest absolute Gasteiger partial charge is 0.239 e. The molecule has 1 fully saturated rings. The molecule has 0 aromatic carbocycles. The van der Waals surface area contributed by atoms with Crippen molar-refractivity contribution in [2.24, 2.45) is 5.92 Å². The van der Waals surface area contributed by atoms with Gasteiger partial charge in [0.05, 0.1) is 12.6 Å². The Bertz CT molecular complexity index is 425. The molecule has 2 rings (SSSR count). The van der Waals surface area contributed by atoms with Crippen LogP contribution in [0.4, 0.5) is 0 Å². The van der Waals surface area contributed by atoms with Gasteiger partial charge in [-0.15, -0.1) is 11.3 Å². The number of nitrogens with one attached hydrogen (secondary N) is 2. The normalized spacial score (nSPS) is 17.1. The Morgan fingerprint density at radius 2 is 2.16 bits per heavy atom. The van der Waals surface area contributed by atoms with E-state index in [-0.39, 0.29) is 30.3 Å². The van der Waals surface area contributed by atoms with Crippen molar-refractivity contribution in [3.8, 4) is 0 Å². The van der Waals surface area contributed by atoms with E-state index in [2.05, 4.69) is 10.6 Å². The number of carbonyl (C=O) groups is 2. The largest absolute Gasteiger partial charge is 0.347 e. The maximum absolute atomic E-state index is 11.8. The zero-order valence-corrected chi connectivity index (χ0v) is 12.0. The summed E-state index contributed by atoms with van der Waals surface area (Å²) in [7, 11) is 0. The molecule has 104 valence electrons. The lowest BCUT2D eigenvalue weighted by atomic mass is 10.1. The van der Waals surface area contributed by atoms with Crippen molar-refractivity contribution in [2.75, 3.05) is 6.54 Å². The van der Waals surface area contributed by atoms with Gasteiger partial charge in [0.2, 0.25) is 11.8 Å². The van der Waals surface area contributed by atoms with Crippen molar-refractivity contribution < 1.29 is 9.59 Å². The molecular weight excluding hydrogens is 260 g/mol. The van der Waals surface area contributed by atoms with E-state index in [0.717, 1.165) is 30.6 Å². The van der Waals surface area contributed by atoms with Crippen LogP contribution in [0, 0.1) is 5.92 Å². The highest BCUT2D eigenvalue weighted by Crippen LogP contribution is 2.24. The summed E-state index contributed by atoms with van der Waals surface area (Å²) in [5.74, 6) is 0.00573. The van der Waals surface area contributed by atoms with Crippen LogP contribution in [-0.4, -0.2) is 18.4 Å². The second-order valence-electron chi connectivity index (χ2n) is 5.00. The van der Waals surface area contributed by atoms with Gasteiger partial charge in [0.15, 0.2) is 0 Å². The van der Waals surface area contributed by atoms with Crippen molar-refractivity contribution in [3.05, 3.63) is 22.4 Å². The predicted octanol–water partition coefficient (Wildman–Crippen LogP) is 2.23. The lowest BCUT2D eigenvalue weighted by molar-refractivity contribution is -0.128. The Morgan fingerprint density at radius 3 is 2.79 bits per heavy atom. The minimum Gasteiger partial charge on any atom is -0.347 e. The SMILES string of the molecule is C[C@H](NC(=O)CNC(=O)C1CCCC1)c1cccs1. The topological polar surface area (TPSA) is 58.2 Å². The number of carbonyl (C=O) groups excluding carboxylic acids is 2. The van der Waals surface area contributed by atoms with E-state index in [1.54, 1.807) is 11.3 Å². The van der Waals surface area contributed by atoms with Crippen molar-refractivity contribution in [1.29, 1.82) is 0 Å². The summed E-state index contributed by atoms with van der Waals surface area (Å²) in [6, 6.07) is 3.95. The van der Waals surface area contributed by atoms with Gasteiger partial charge in [-0.25, -0.2) is 0 Å². The first-order chi connectivity index (χ1) is 9.16. The molecule has 1 aliphatic rings. The molecule has 0 spiro atoms. The van der Waals surface area contributed by atoms with Gasteiger partial charge in [-0.1, -0.05) is 18.9 Å². The molecule has 0 saturated heterocycles. The van der Waals surface area contributed by atoms with Gasteiger partial charge in [-0.3, -0.25) is 9.59 Å². The Morgan fingerprint density at radius 1 is 1.42 bits per heavy atom. The lowest BCUT2D eigenvalue weighted by Gasteiger charge is -2.14. The zero-order valence-electron chi connectivity index (χ0n) is 11.1. The molecule has 1 saturated carbocycles. The van der Waals surface area contributed by atoms with E-state index >= 15 is 0 Å². The fraction of sp³-hybridized carbons (Fsp3) is 0.571. The minimum atomic E-state index is -0.132. The van der Waals surface area contributed by atoms with Gasteiger partial charge < -0.3 is 10.6 Å². The van der Waals surface area contributed by atoms with Crippen LogP contribution in [0.15, 0.2) is 17.5 Å². The molecule has 1 aromatic rings. The highest BCUT2D eigenvalue weighted by molar-refractivity contribution is 7.10. The van der Waals surface area contributed by atoms with Crippen LogP contribution in [0.5, 0.6) is 0 Å². The van der Waals surface area contributed by atoms with Crippen molar-refractivity contribution >= 4 is 23.2 Å². The number of hydrogen-bond donors (Lipinski definition) is 2. The molecule has 0 unspecified atom stereocenters. The third-order valence-electron chi connectivity index (χ3n) is 3.50. The molecule has 0 aliphatic heterocycles. The van der Waals surface area contributed by atoms with Gasteiger partial charge in [-0.2, -0.15) is 0 Å². The average molecular weight is 280 g/mol. The third-order valence-corrected chi connectivity index (χ3v) is 4.55. The summed E-state index contributed by atoms with van der Waals surface area (Å²) in [6.45, 7) is 2.02. The fourth-order valence-corrected chi connectivity index (χ4v) is 3.14. The molecule has 19 heavy (non-hydrogen) atoms. The maximum atomic E-state index is 11.8. The standard InChI is InChI=1S/C14H20N2O2S/c1-10(12-7-4-8-19-12)16-13(17)9-15-14(18)11-5-2-3-6-11/h4,7-8,10-11H,2-3,5-6,9H2,1H3,(H,15,18)(H,16,17)/t10-/m0/s1. The Balaban J connectivity index is 1.71. The van der Waals surface area contributed by atoms with Gasteiger partial charge in [0.1, 0.15) is 0 Å². The van der Waals surface area contributed by atoms with Crippen LogP contribution in [0.1, 0.15) is 43.5 Å². The second kappa shape index (κ2) is 6.70. The van der Waals surface area contributed by atoms with Crippen molar-refractivity contribution in [3.63, 3.8) is 0 Å². The first kappa shape index (κ1) is 14.1. The van der Waals surface area contributed by atoms with Crippen LogP contribution in [0.2, 0.25) is 0 Å². The van der Waals surface area contributed by atoms with Gasteiger partial charge in [-0.05, 0) is 31.2 Å². The summed E-state index contributed by atoms with van der Waals surface area (Å²) in [5, 5.41) is 7.60. The summed E-state index contributed by atoms with van der Waals surface area (Å²) in [4.78, 5) is 24.6. The molecule has 4 nitrogen and oxygen atoms in total. The van der Waals surface area contributed by atoms with Gasteiger partial charge in [0.25, 0.3) is 0 Å². The van der Waals surface area contributed by atoms with E-state index in [9.17, 15) is 9.59 Å². The third kappa shape index (κ3) is 4.06. The lowest BCUT2D eigenvalue weighted by Crippen LogP contribution is -2.39. The van der Waals surface area contributed by atoms with Crippen LogP contribution in [0.25, 0.3) is 0 Å². The number of rotatable bonds is 5. The zero-order chi connectivity index (χ0) is 13.7. The molecule has 0 bridgehead atoms. The van der Waals surface area contributed by atoms with Crippen LogP contribution >= 0.6 is 11.3 Å². The van der Waals surface area contributed by atoms with Crippen LogP contribution in [0.3, 0.4) is 0 Å². The first-order valence-corrected chi connectivity index (χ1v) is 7.65. The predicted molar refractivity (Wildman–Crippen MR) is 75.8 cm³/mol. The maximum Gasteiger partial charge on any atom is 0.239 e. The highest BCUT2D eigenvalue weighted by atomic mass is 32.1. The fourth-order valence-electron chi connectivity index (χ4n) is 2.40. The van der Waals surface area contributed by atoms with E-state index in [1.165, 1.54) is 0 Å². The Hall–Kier alpha value is -1.36. The number of hydrogen-bond acceptors (Lipinski definition) is 3. The van der Waals surface area contributed by atoms with Gasteiger partial charge in [0, 0.05) is 10.8 Å². The first-order valence-electron chi connectivity index (χ1n) is 6.77. The highest BCUT2D eigenvalue weighted by Gasteiger charge is 2.22. The molecule has 1 aliphatic carbocycles.